The average Bonchev–Trinajstić information content (AvgIpc) is 2.81. The number of halogens is 2. The fourth-order valence-corrected chi connectivity index (χ4v) is 4.22. The molecular formula is C25H26ClFN4S. The lowest BCUT2D eigenvalue weighted by Gasteiger charge is -2.13. The zero-order valence-corrected chi connectivity index (χ0v) is 20.4. The van der Waals surface area contributed by atoms with Crippen LogP contribution in [0.1, 0.15) is 37.9 Å². The van der Waals surface area contributed by atoms with Gasteiger partial charge in [0.2, 0.25) is 0 Å². The van der Waals surface area contributed by atoms with Gasteiger partial charge in [0.25, 0.3) is 0 Å². The summed E-state index contributed by atoms with van der Waals surface area (Å²) >= 11 is 7.40. The molecule has 0 atom stereocenters. The van der Waals surface area contributed by atoms with Gasteiger partial charge in [0, 0.05) is 27.7 Å². The van der Waals surface area contributed by atoms with Crippen LogP contribution in [0, 0.1) is 19.7 Å². The van der Waals surface area contributed by atoms with Gasteiger partial charge in [-0.3, -0.25) is 0 Å². The van der Waals surface area contributed by atoms with E-state index in [2.05, 4.69) is 32.7 Å². The van der Waals surface area contributed by atoms with Gasteiger partial charge in [-0.25, -0.2) is 19.3 Å². The Bertz CT molecular complexity index is 1250. The second kappa shape index (κ2) is 10.7. The molecule has 2 aromatic heterocycles. The van der Waals surface area contributed by atoms with Gasteiger partial charge in [-0.1, -0.05) is 44.5 Å². The molecule has 0 spiro atoms. The second-order valence-corrected chi connectivity index (χ2v) is 8.19. The molecule has 4 rings (SSSR count). The van der Waals surface area contributed by atoms with Gasteiger partial charge in [-0.15, -0.1) is 0 Å². The molecule has 0 saturated carbocycles. The Morgan fingerprint density at radius 3 is 2.53 bits per heavy atom. The molecule has 0 fully saturated rings. The Hall–Kier alpha value is -2.70. The number of nitrogens with one attached hydrogen (secondary N) is 1. The van der Waals surface area contributed by atoms with Gasteiger partial charge >= 0.3 is 0 Å². The maximum atomic E-state index is 14.9. The number of aryl methyl sites for hydroxylation is 3. The molecule has 4 aromatic rings. The monoisotopic (exact) mass is 468 g/mol. The molecule has 0 aliphatic rings. The van der Waals surface area contributed by atoms with Gasteiger partial charge in [0.1, 0.15) is 5.82 Å². The topological polar surface area (TPSA) is 50.7 Å². The van der Waals surface area contributed by atoms with Gasteiger partial charge < -0.3 is 4.72 Å². The van der Waals surface area contributed by atoms with E-state index in [1.807, 2.05) is 58.2 Å². The van der Waals surface area contributed by atoms with Crippen molar-refractivity contribution in [1.82, 2.24) is 15.0 Å². The Kier molecular flexibility index (Phi) is 8.04. The summed E-state index contributed by atoms with van der Waals surface area (Å²) in [6.45, 7) is 9.84. The summed E-state index contributed by atoms with van der Waals surface area (Å²) in [5.74, 6) is 0.491. The molecule has 0 amide bonds. The molecule has 4 nitrogen and oxygen atoms in total. The Labute approximate surface area is 197 Å². The van der Waals surface area contributed by atoms with Crippen LogP contribution in [0.4, 0.5) is 10.2 Å². The molecule has 0 radical (unpaired) electrons. The molecule has 0 aliphatic carbocycles. The summed E-state index contributed by atoms with van der Waals surface area (Å²) in [6, 6.07) is 13.0. The number of hydrogen-bond acceptors (Lipinski definition) is 5. The maximum absolute atomic E-state index is 14.9. The number of pyridine rings is 1. The maximum Gasteiger partial charge on any atom is 0.172 e. The number of benzene rings is 2. The number of fused-ring (bicyclic) bond motifs is 1. The number of hydrogen-bond donors (Lipinski definition) is 1. The van der Waals surface area contributed by atoms with Crippen molar-refractivity contribution in [3.63, 3.8) is 0 Å². The Balaban J connectivity index is 0.00000141. The summed E-state index contributed by atoms with van der Waals surface area (Å²) in [6.07, 6.45) is 2.64. The van der Waals surface area contributed by atoms with Gasteiger partial charge in [-0.2, -0.15) is 0 Å². The van der Waals surface area contributed by atoms with Gasteiger partial charge in [0.15, 0.2) is 11.6 Å². The van der Waals surface area contributed by atoms with Crippen LogP contribution < -0.4 is 4.72 Å². The molecule has 2 aromatic carbocycles. The minimum absolute atomic E-state index is 0.177. The third kappa shape index (κ3) is 5.19. The van der Waals surface area contributed by atoms with Crippen molar-refractivity contribution in [2.45, 2.75) is 45.9 Å². The van der Waals surface area contributed by atoms with Crippen molar-refractivity contribution in [3.05, 3.63) is 76.6 Å². The highest BCUT2D eigenvalue weighted by Gasteiger charge is 2.14. The normalized spacial score (nSPS) is 10.6. The van der Waals surface area contributed by atoms with Crippen molar-refractivity contribution in [2.75, 3.05) is 4.72 Å². The summed E-state index contributed by atoms with van der Waals surface area (Å²) in [7, 11) is 0. The molecule has 1 N–H and O–H groups in total. The number of anilines is 1. The third-order valence-corrected chi connectivity index (χ3v) is 6.15. The Morgan fingerprint density at radius 2 is 1.81 bits per heavy atom. The number of nitrogens with zero attached hydrogens (tertiary/aromatic N) is 3. The van der Waals surface area contributed by atoms with E-state index in [0.717, 1.165) is 50.4 Å². The first-order chi connectivity index (χ1) is 15.5. The fraction of sp³-hybridized carbons (Fsp3) is 0.240. The smallest absolute Gasteiger partial charge is 0.172 e. The second-order valence-electron chi connectivity index (χ2n) is 6.93. The SMILES string of the molecule is CC.CCc1cc(-c2cc(F)c(NSc3ccccc3Cl)nc2C)cc2cnc(C)nc12. The number of rotatable bonds is 5. The molecule has 7 heteroatoms. The third-order valence-electron chi connectivity index (χ3n) is 4.84. The van der Waals surface area contributed by atoms with E-state index in [4.69, 9.17) is 11.6 Å². The van der Waals surface area contributed by atoms with E-state index >= 15 is 0 Å². The highest BCUT2D eigenvalue weighted by atomic mass is 35.5. The highest BCUT2D eigenvalue weighted by Crippen LogP contribution is 2.33. The van der Waals surface area contributed by atoms with Crippen LogP contribution in [-0.2, 0) is 6.42 Å². The van der Waals surface area contributed by atoms with Crippen LogP contribution in [0.15, 0.2) is 53.6 Å². The van der Waals surface area contributed by atoms with Crippen molar-refractivity contribution in [1.29, 1.82) is 0 Å². The zero-order chi connectivity index (χ0) is 23.3. The lowest BCUT2D eigenvalue weighted by Crippen LogP contribution is -2.00. The molecule has 0 bridgehead atoms. The van der Waals surface area contributed by atoms with E-state index in [-0.39, 0.29) is 5.82 Å². The quantitative estimate of drug-likeness (QED) is 0.302. The standard InChI is InChI=1S/C23H20ClFN4S.C2H6/c1-4-15-9-16(10-17-12-26-14(3)28-22(15)17)18-11-20(25)23(27-13(18)2)29-30-21-8-6-5-7-19(21)24;1-2/h5-12H,4H2,1-3H3,(H,27,29);1-2H3. The van der Waals surface area contributed by atoms with Crippen LogP contribution in [0.5, 0.6) is 0 Å². The predicted octanol–water partition coefficient (Wildman–Crippen LogP) is 7.81. The van der Waals surface area contributed by atoms with Crippen molar-refractivity contribution in [3.8, 4) is 11.1 Å². The zero-order valence-electron chi connectivity index (χ0n) is 18.8. The molecule has 0 unspecified atom stereocenters. The lowest BCUT2D eigenvalue weighted by atomic mass is 9.98. The minimum Gasteiger partial charge on any atom is -0.308 e. The van der Waals surface area contributed by atoms with Crippen molar-refractivity contribution >= 4 is 40.3 Å². The number of aromatic nitrogens is 3. The lowest BCUT2D eigenvalue weighted by molar-refractivity contribution is 0.627. The first kappa shape index (κ1) is 24.0. The van der Waals surface area contributed by atoms with Crippen LogP contribution in [0.2, 0.25) is 5.02 Å². The predicted molar refractivity (Wildman–Crippen MR) is 134 cm³/mol. The minimum atomic E-state index is -0.423. The summed E-state index contributed by atoms with van der Waals surface area (Å²) in [5.41, 5.74) is 4.42. The van der Waals surface area contributed by atoms with Gasteiger partial charge in [0.05, 0.1) is 10.5 Å². The largest absolute Gasteiger partial charge is 0.308 e. The molecule has 0 aliphatic heterocycles. The molecule has 2 heterocycles. The van der Waals surface area contributed by atoms with E-state index in [1.165, 1.54) is 18.0 Å². The average molecular weight is 469 g/mol. The van der Waals surface area contributed by atoms with E-state index in [9.17, 15) is 4.39 Å². The van der Waals surface area contributed by atoms with E-state index < -0.39 is 5.82 Å². The Morgan fingerprint density at radius 1 is 1.06 bits per heavy atom. The van der Waals surface area contributed by atoms with E-state index in [0.29, 0.717) is 5.02 Å². The van der Waals surface area contributed by atoms with Crippen LogP contribution in [0.3, 0.4) is 0 Å². The highest BCUT2D eigenvalue weighted by molar-refractivity contribution is 8.00. The van der Waals surface area contributed by atoms with Crippen molar-refractivity contribution < 1.29 is 4.39 Å². The fourth-order valence-electron chi connectivity index (χ4n) is 3.31. The van der Waals surface area contributed by atoms with Crippen LogP contribution in [0.25, 0.3) is 22.0 Å². The summed E-state index contributed by atoms with van der Waals surface area (Å²) in [5, 5.41) is 1.54. The van der Waals surface area contributed by atoms with E-state index in [1.54, 1.807) is 6.07 Å². The van der Waals surface area contributed by atoms with Crippen LogP contribution >= 0.6 is 23.5 Å². The summed E-state index contributed by atoms with van der Waals surface area (Å²) < 4.78 is 17.8. The van der Waals surface area contributed by atoms with Crippen molar-refractivity contribution in [2.24, 2.45) is 0 Å². The molecule has 0 saturated heterocycles. The molecule has 166 valence electrons. The first-order valence-corrected chi connectivity index (χ1v) is 11.8. The summed E-state index contributed by atoms with van der Waals surface area (Å²) in [4.78, 5) is 14.1. The first-order valence-electron chi connectivity index (χ1n) is 10.6. The van der Waals surface area contributed by atoms with Gasteiger partial charge in [-0.05, 0) is 73.7 Å². The van der Waals surface area contributed by atoms with Crippen LogP contribution in [-0.4, -0.2) is 15.0 Å². The molecule has 32 heavy (non-hydrogen) atoms. The molecular weight excluding hydrogens is 443 g/mol.